The molecule has 0 aliphatic heterocycles. The molecule has 0 fully saturated rings. The van der Waals surface area contributed by atoms with Crippen LogP contribution in [0.15, 0.2) is 28.9 Å². The molecule has 0 radical (unpaired) electrons. The number of halogens is 1. The number of nitrogens with zero attached hydrogens (tertiary/aromatic N) is 2. The van der Waals surface area contributed by atoms with Gasteiger partial charge in [-0.05, 0) is 34.5 Å². The van der Waals surface area contributed by atoms with Crippen molar-refractivity contribution in [1.82, 2.24) is 9.97 Å². The van der Waals surface area contributed by atoms with E-state index in [0.29, 0.717) is 5.82 Å². The Labute approximate surface area is 132 Å². The van der Waals surface area contributed by atoms with E-state index in [0.717, 1.165) is 40.5 Å². The second-order valence-corrected chi connectivity index (χ2v) is 5.25. The van der Waals surface area contributed by atoms with Crippen LogP contribution in [0.1, 0.15) is 19.2 Å². The van der Waals surface area contributed by atoms with Crippen molar-refractivity contribution in [1.29, 1.82) is 0 Å². The summed E-state index contributed by atoms with van der Waals surface area (Å²) in [6.45, 7) is 2.10. The highest BCUT2D eigenvalue weighted by Crippen LogP contribution is 2.31. The van der Waals surface area contributed by atoms with Crippen LogP contribution in [0, 0.1) is 0 Å². The molecule has 0 atom stereocenters. The second-order valence-electron chi connectivity index (χ2n) is 4.43. The van der Waals surface area contributed by atoms with E-state index < -0.39 is 0 Å². The van der Waals surface area contributed by atoms with Crippen LogP contribution in [-0.2, 0) is 6.42 Å². The molecule has 112 valence electrons. The Morgan fingerprint density at radius 3 is 2.62 bits per heavy atom. The van der Waals surface area contributed by atoms with Crippen molar-refractivity contribution in [3.63, 3.8) is 0 Å². The van der Waals surface area contributed by atoms with Crippen LogP contribution in [0.2, 0.25) is 0 Å². The molecule has 0 aliphatic carbocycles. The largest absolute Gasteiger partial charge is 0.497 e. The van der Waals surface area contributed by atoms with Gasteiger partial charge in [-0.25, -0.2) is 9.97 Å². The van der Waals surface area contributed by atoms with Crippen LogP contribution < -0.4 is 14.8 Å². The Hall–Kier alpha value is -1.82. The van der Waals surface area contributed by atoms with E-state index in [4.69, 9.17) is 9.47 Å². The standard InChI is InChI=1S/C15H18BrN3O2/c1-4-5-14-18-13(16)9-15(19-14)17-11-8-10(20-2)6-7-12(11)21-3/h6-9H,4-5H2,1-3H3,(H,17,18,19). The lowest BCUT2D eigenvalue weighted by molar-refractivity contribution is 0.405. The zero-order valence-corrected chi connectivity index (χ0v) is 13.9. The third-order valence-corrected chi connectivity index (χ3v) is 3.29. The van der Waals surface area contributed by atoms with Crippen molar-refractivity contribution >= 4 is 27.4 Å². The van der Waals surface area contributed by atoms with Gasteiger partial charge in [0, 0.05) is 18.6 Å². The first-order valence-electron chi connectivity index (χ1n) is 6.68. The van der Waals surface area contributed by atoms with Crippen molar-refractivity contribution in [2.45, 2.75) is 19.8 Å². The van der Waals surface area contributed by atoms with Crippen molar-refractivity contribution in [2.75, 3.05) is 19.5 Å². The number of nitrogens with one attached hydrogen (secondary N) is 1. The Balaban J connectivity index is 2.32. The maximum atomic E-state index is 5.35. The summed E-state index contributed by atoms with van der Waals surface area (Å²) in [6, 6.07) is 7.40. The third-order valence-electron chi connectivity index (χ3n) is 2.88. The second kappa shape index (κ2) is 7.26. The predicted molar refractivity (Wildman–Crippen MR) is 86.6 cm³/mol. The molecule has 1 N–H and O–H groups in total. The normalized spacial score (nSPS) is 10.3. The minimum atomic E-state index is 0.715. The predicted octanol–water partition coefficient (Wildman–Crippen LogP) is 3.95. The van der Waals surface area contributed by atoms with Gasteiger partial charge >= 0.3 is 0 Å². The summed E-state index contributed by atoms with van der Waals surface area (Å²) < 4.78 is 11.3. The highest BCUT2D eigenvalue weighted by molar-refractivity contribution is 9.10. The quantitative estimate of drug-likeness (QED) is 0.798. The summed E-state index contributed by atoms with van der Waals surface area (Å²) in [5.74, 6) is 2.99. The fourth-order valence-corrected chi connectivity index (χ4v) is 2.34. The van der Waals surface area contributed by atoms with Gasteiger partial charge < -0.3 is 14.8 Å². The number of hydrogen-bond donors (Lipinski definition) is 1. The number of benzene rings is 1. The van der Waals surface area contributed by atoms with Gasteiger partial charge in [-0.3, -0.25) is 0 Å². The van der Waals surface area contributed by atoms with E-state index in [1.807, 2.05) is 24.3 Å². The van der Waals surface area contributed by atoms with Crippen LogP contribution in [0.4, 0.5) is 11.5 Å². The lowest BCUT2D eigenvalue weighted by Gasteiger charge is -2.13. The maximum absolute atomic E-state index is 5.35. The van der Waals surface area contributed by atoms with Crippen molar-refractivity contribution in [3.05, 3.63) is 34.7 Å². The lowest BCUT2D eigenvalue weighted by atomic mass is 10.2. The molecule has 0 saturated heterocycles. The molecule has 2 rings (SSSR count). The smallest absolute Gasteiger partial charge is 0.142 e. The van der Waals surface area contributed by atoms with Crippen LogP contribution >= 0.6 is 15.9 Å². The lowest BCUT2D eigenvalue weighted by Crippen LogP contribution is -2.02. The Morgan fingerprint density at radius 1 is 1.14 bits per heavy atom. The fraction of sp³-hybridized carbons (Fsp3) is 0.333. The SMILES string of the molecule is CCCc1nc(Br)cc(Nc2cc(OC)ccc2OC)n1. The molecule has 1 aromatic heterocycles. The number of rotatable bonds is 6. The molecule has 0 unspecified atom stereocenters. The van der Waals surface area contributed by atoms with Crippen molar-refractivity contribution < 1.29 is 9.47 Å². The highest BCUT2D eigenvalue weighted by Gasteiger charge is 2.08. The molecule has 0 amide bonds. The molecule has 0 spiro atoms. The van der Waals surface area contributed by atoms with Gasteiger partial charge in [0.2, 0.25) is 0 Å². The number of ether oxygens (including phenoxy) is 2. The monoisotopic (exact) mass is 351 g/mol. The number of aryl methyl sites for hydroxylation is 1. The van der Waals surface area contributed by atoms with Gasteiger partial charge in [0.1, 0.15) is 27.7 Å². The highest BCUT2D eigenvalue weighted by atomic mass is 79.9. The molecule has 1 heterocycles. The van der Waals surface area contributed by atoms with Crippen LogP contribution in [0.25, 0.3) is 0 Å². The molecule has 21 heavy (non-hydrogen) atoms. The van der Waals surface area contributed by atoms with Crippen molar-refractivity contribution in [2.24, 2.45) is 0 Å². The van der Waals surface area contributed by atoms with Gasteiger partial charge in [-0.2, -0.15) is 0 Å². The Kier molecular flexibility index (Phi) is 5.38. The van der Waals surface area contributed by atoms with Crippen LogP contribution in [-0.4, -0.2) is 24.2 Å². The molecule has 1 aromatic carbocycles. The summed E-state index contributed by atoms with van der Waals surface area (Å²) >= 11 is 3.41. The van der Waals surface area contributed by atoms with E-state index in [-0.39, 0.29) is 0 Å². The van der Waals surface area contributed by atoms with Gasteiger partial charge in [-0.1, -0.05) is 6.92 Å². The van der Waals surface area contributed by atoms with Crippen molar-refractivity contribution in [3.8, 4) is 11.5 Å². The minimum Gasteiger partial charge on any atom is -0.497 e. The fourth-order valence-electron chi connectivity index (χ4n) is 1.91. The first-order chi connectivity index (χ1) is 10.2. The number of anilines is 2. The molecular formula is C15H18BrN3O2. The molecule has 6 heteroatoms. The topological polar surface area (TPSA) is 56.3 Å². The van der Waals surface area contributed by atoms with E-state index >= 15 is 0 Å². The summed E-state index contributed by atoms with van der Waals surface area (Å²) in [5, 5.41) is 3.25. The molecule has 0 aliphatic rings. The number of hydrogen-bond acceptors (Lipinski definition) is 5. The molecule has 5 nitrogen and oxygen atoms in total. The maximum Gasteiger partial charge on any atom is 0.142 e. The zero-order chi connectivity index (χ0) is 15.2. The molecule has 0 bridgehead atoms. The van der Waals surface area contributed by atoms with E-state index in [1.165, 1.54) is 0 Å². The summed E-state index contributed by atoms with van der Waals surface area (Å²) in [4.78, 5) is 8.85. The molecular weight excluding hydrogens is 334 g/mol. The van der Waals surface area contributed by atoms with Gasteiger partial charge in [0.15, 0.2) is 0 Å². The van der Waals surface area contributed by atoms with E-state index in [1.54, 1.807) is 14.2 Å². The Bertz CT molecular complexity index is 620. The summed E-state index contributed by atoms with van der Waals surface area (Å²) in [6.07, 6.45) is 1.84. The number of aromatic nitrogens is 2. The molecule has 2 aromatic rings. The summed E-state index contributed by atoms with van der Waals surface area (Å²) in [5.41, 5.74) is 0.796. The molecule has 0 saturated carbocycles. The first-order valence-corrected chi connectivity index (χ1v) is 7.48. The minimum absolute atomic E-state index is 0.715. The summed E-state index contributed by atoms with van der Waals surface area (Å²) in [7, 11) is 3.26. The third kappa shape index (κ3) is 4.07. The average Bonchev–Trinajstić information content (AvgIpc) is 2.47. The van der Waals surface area contributed by atoms with Gasteiger partial charge in [-0.15, -0.1) is 0 Å². The average molecular weight is 352 g/mol. The van der Waals surface area contributed by atoms with E-state index in [9.17, 15) is 0 Å². The first kappa shape index (κ1) is 15.6. The van der Waals surface area contributed by atoms with Gasteiger partial charge in [0.25, 0.3) is 0 Å². The number of methoxy groups -OCH3 is 2. The zero-order valence-electron chi connectivity index (χ0n) is 12.3. The Morgan fingerprint density at radius 2 is 1.95 bits per heavy atom. The van der Waals surface area contributed by atoms with Crippen LogP contribution in [0.5, 0.6) is 11.5 Å². The van der Waals surface area contributed by atoms with Gasteiger partial charge in [0.05, 0.1) is 19.9 Å². The van der Waals surface area contributed by atoms with Crippen LogP contribution in [0.3, 0.4) is 0 Å². The van der Waals surface area contributed by atoms with E-state index in [2.05, 4.69) is 38.1 Å².